The quantitative estimate of drug-likeness (QED) is 0.918. The van der Waals surface area contributed by atoms with E-state index in [1.165, 1.54) is 25.3 Å². The Labute approximate surface area is 119 Å². The molecule has 1 aromatic rings. The Morgan fingerprint density at radius 1 is 1.37 bits per heavy atom. The highest BCUT2D eigenvalue weighted by Gasteiger charge is 2.27. The molecule has 4 heteroatoms. The van der Waals surface area contributed by atoms with Crippen molar-refractivity contribution in [3.63, 3.8) is 0 Å². The minimum absolute atomic E-state index is 0.184. The lowest BCUT2D eigenvalue weighted by molar-refractivity contribution is 0.126. The Morgan fingerprint density at radius 3 is 2.84 bits per heavy atom. The van der Waals surface area contributed by atoms with Crippen LogP contribution in [-0.4, -0.2) is 24.5 Å². The summed E-state index contributed by atoms with van der Waals surface area (Å²) in [6.07, 6.45) is 4.84. The van der Waals surface area contributed by atoms with Crippen LogP contribution < -0.4 is 5.73 Å². The normalized spacial score (nSPS) is 23.8. The van der Waals surface area contributed by atoms with E-state index in [-0.39, 0.29) is 5.82 Å². The Balaban J connectivity index is 2.06. The maximum Gasteiger partial charge on any atom is 0.127 e. The Bertz CT molecular complexity index is 425. The third-order valence-corrected chi connectivity index (χ3v) is 4.40. The zero-order valence-electron chi connectivity index (χ0n) is 11.4. The van der Waals surface area contributed by atoms with Crippen molar-refractivity contribution < 1.29 is 4.39 Å². The molecule has 0 aliphatic heterocycles. The summed E-state index contributed by atoms with van der Waals surface area (Å²) in [5, 5.41) is 0.587. The van der Waals surface area contributed by atoms with Crippen LogP contribution in [-0.2, 0) is 6.54 Å². The molecular formula is C15H22ClFN2. The number of hydrogen-bond acceptors (Lipinski definition) is 2. The van der Waals surface area contributed by atoms with Gasteiger partial charge < -0.3 is 5.73 Å². The largest absolute Gasteiger partial charge is 0.330 e. The van der Waals surface area contributed by atoms with Crippen molar-refractivity contribution in [1.82, 2.24) is 4.90 Å². The zero-order chi connectivity index (χ0) is 13.8. The maximum atomic E-state index is 13.8. The summed E-state index contributed by atoms with van der Waals surface area (Å²) in [7, 11) is 2.05. The SMILES string of the molecule is CN(Cc1cc(Cl)ccc1F)C1CCCCC1CN. The molecular weight excluding hydrogens is 263 g/mol. The second-order valence-electron chi connectivity index (χ2n) is 5.50. The molecule has 0 heterocycles. The summed E-state index contributed by atoms with van der Waals surface area (Å²) in [6.45, 7) is 1.31. The average Bonchev–Trinajstić information content (AvgIpc) is 2.42. The van der Waals surface area contributed by atoms with Crippen LogP contribution in [0.2, 0.25) is 5.02 Å². The predicted octanol–water partition coefficient (Wildman–Crippen LogP) is 3.43. The van der Waals surface area contributed by atoms with Crippen LogP contribution in [0.3, 0.4) is 0 Å². The lowest BCUT2D eigenvalue weighted by atomic mass is 9.83. The number of nitrogens with zero attached hydrogens (tertiary/aromatic N) is 1. The van der Waals surface area contributed by atoms with Crippen LogP contribution >= 0.6 is 11.6 Å². The van der Waals surface area contributed by atoms with Gasteiger partial charge in [0.1, 0.15) is 5.82 Å². The molecule has 2 N–H and O–H groups in total. The minimum Gasteiger partial charge on any atom is -0.330 e. The lowest BCUT2D eigenvalue weighted by Gasteiger charge is -2.37. The van der Waals surface area contributed by atoms with Crippen molar-refractivity contribution in [3.05, 3.63) is 34.6 Å². The van der Waals surface area contributed by atoms with Crippen LogP contribution in [0.4, 0.5) is 4.39 Å². The van der Waals surface area contributed by atoms with Crippen LogP contribution in [0.1, 0.15) is 31.2 Å². The van der Waals surface area contributed by atoms with Crippen molar-refractivity contribution in [2.75, 3.05) is 13.6 Å². The third kappa shape index (κ3) is 3.68. The van der Waals surface area contributed by atoms with Crippen molar-refractivity contribution in [2.45, 2.75) is 38.3 Å². The van der Waals surface area contributed by atoms with E-state index in [9.17, 15) is 4.39 Å². The van der Waals surface area contributed by atoms with Crippen LogP contribution in [0, 0.1) is 11.7 Å². The molecule has 1 fully saturated rings. The molecule has 1 aromatic carbocycles. The number of rotatable bonds is 4. The van der Waals surface area contributed by atoms with Gasteiger partial charge in [0, 0.05) is 23.2 Å². The van der Waals surface area contributed by atoms with Gasteiger partial charge in [-0.2, -0.15) is 0 Å². The fourth-order valence-electron chi connectivity index (χ4n) is 3.09. The Hall–Kier alpha value is -0.640. The maximum absolute atomic E-state index is 13.8. The minimum atomic E-state index is -0.184. The summed E-state index contributed by atoms with van der Waals surface area (Å²) in [6, 6.07) is 5.20. The molecule has 106 valence electrons. The third-order valence-electron chi connectivity index (χ3n) is 4.17. The Morgan fingerprint density at radius 2 is 2.11 bits per heavy atom. The second-order valence-corrected chi connectivity index (χ2v) is 5.93. The number of hydrogen-bond donors (Lipinski definition) is 1. The van der Waals surface area contributed by atoms with E-state index in [1.807, 2.05) is 0 Å². The molecule has 2 nitrogen and oxygen atoms in total. The molecule has 0 aromatic heterocycles. The van der Waals surface area contributed by atoms with Crippen molar-refractivity contribution in [2.24, 2.45) is 11.7 Å². The van der Waals surface area contributed by atoms with Gasteiger partial charge in [-0.15, -0.1) is 0 Å². The van der Waals surface area contributed by atoms with E-state index in [4.69, 9.17) is 17.3 Å². The standard InChI is InChI=1S/C15H22ClFN2/c1-19(15-5-3-2-4-11(15)9-18)10-12-8-13(16)6-7-14(12)17/h6-8,11,15H,2-5,9-10,18H2,1H3. The molecule has 1 aliphatic carbocycles. The molecule has 0 amide bonds. The van der Waals surface area contributed by atoms with Gasteiger partial charge in [0.2, 0.25) is 0 Å². The highest BCUT2D eigenvalue weighted by atomic mass is 35.5. The summed E-state index contributed by atoms with van der Waals surface area (Å²) in [5.74, 6) is 0.345. The van der Waals surface area contributed by atoms with E-state index >= 15 is 0 Å². The summed E-state index contributed by atoms with van der Waals surface area (Å²) in [5.41, 5.74) is 6.52. The van der Waals surface area contributed by atoms with Crippen molar-refractivity contribution >= 4 is 11.6 Å². The molecule has 0 saturated heterocycles. The lowest BCUT2D eigenvalue weighted by Crippen LogP contribution is -2.42. The molecule has 0 bridgehead atoms. The fraction of sp³-hybridized carbons (Fsp3) is 0.600. The van der Waals surface area contributed by atoms with Crippen LogP contribution in [0.15, 0.2) is 18.2 Å². The van der Waals surface area contributed by atoms with Gasteiger partial charge in [0.25, 0.3) is 0 Å². The van der Waals surface area contributed by atoms with Gasteiger partial charge >= 0.3 is 0 Å². The van der Waals surface area contributed by atoms with E-state index in [1.54, 1.807) is 12.1 Å². The predicted molar refractivity (Wildman–Crippen MR) is 77.7 cm³/mol. The number of halogens is 2. The van der Waals surface area contributed by atoms with Gasteiger partial charge in [0.15, 0.2) is 0 Å². The molecule has 19 heavy (non-hydrogen) atoms. The molecule has 2 rings (SSSR count). The van der Waals surface area contributed by atoms with E-state index < -0.39 is 0 Å². The molecule has 2 atom stereocenters. The van der Waals surface area contributed by atoms with Crippen LogP contribution in [0.5, 0.6) is 0 Å². The molecule has 0 spiro atoms. The molecule has 2 unspecified atom stereocenters. The molecule has 1 saturated carbocycles. The first-order valence-electron chi connectivity index (χ1n) is 6.96. The van der Waals surface area contributed by atoms with E-state index in [2.05, 4.69) is 11.9 Å². The smallest absolute Gasteiger partial charge is 0.127 e. The first-order valence-corrected chi connectivity index (χ1v) is 7.34. The first kappa shape index (κ1) is 14.8. The van der Waals surface area contributed by atoms with Gasteiger partial charge in [-0.3, -0.25) is 4.90 Å². The van der Waals surface area contributed by atoms with Crippen molar-refractivity contribution in [1.29, 1.82) is 0 Å². The van der Waals surface area contributed by atoms with Crippen molar-refractivity contribution in [3.8, 4) is 0 Å². The number of benzene rings is 1. The van der Waals surface area contributed by atoms with E-state index in [0.29, 0.717) is 35.6 Å². The second kappa shape index (κ2) is 6.69. The topological polar surface area (TPSA) is 29.3 Å². The monoisotopic (exact) mass is 284 g/mol. The highest BCUT2D eigenvalue weighted by molar-refractivity contribution is 6.30. The van der Waals surface area contributed by atoms with Crippen LogP contribution in [0.25, 0.3) is 0 Å². The summed E-state index contributed by atoms with van der Waals surface area (Å²) < 4.78 is 13.8. The molecule has 1 aliphatic rings. The highest BCUT2D eigenvalue weighted by Crippen LogP contribution is 2.28. The average molecular weight is 285 g/mol. The zero-order valence-corrected chi connectivity index (χ0v) is 12.2. The first-order chi connectivity index (χ1) is 9.11. The van der Waals surface area contributed by atoms with Gasteiger partial charge in [0.05, 0.1) is 0 Å². The van der Waals surface area contributed by atoms with E-state index in [0.717, 1.165) is 6.42 Å². The van der Waals surface area contributed by atoms with Gasteiger partial charge in [-0.05, 0) is 50.6 Å². The summed E-state index contributed by atoms with van der Waals surface area (Å²) in [4.78, 5) is 2.23. The fourth-order valence-corrected chi connectivity index (χ4v) is 3.29. The Kier molecular flexibility index (Phi) is 5.20. The van der Waals surface area contributed by atoms with Gasteiger partial charge in [-0.25, -0.2) is 4.39 Å². The molecule has 0 radical (unpaired) electrons. The number of nitrogens with two attached hydrogens (primary N) is 1. The van der Waals surface area contributed by atoms with Gasteiger partial charge in [-0.1, -0.05) is 24.4 Å². The summed E-state index contributed by atoms with van der Waals surface area (Å²) >= 11 is 5.94.